The summed E-state index contributed by atoms with van der Waals surface area (Å²) >= 11 is 0. The van der Waals surface area contributed by atoms with Crippen LogP contribution in [0.3, 0.4) is 0 Å². The van der Waals surface area contributed by atoms with Gasteiger partial charge in [0.2, 0.25) is 17.7 Å². The Bertz CT molecular complexity index is 842. The molecule has 4 atom stereocenters. The lowest BCUT2D eigenvalue weighted by Gasteiger charge is -2.24. The quantitative estimate of drug-likeness (QED) is 0.228. The first-order valence-electron chi connectivity index (χ1n) is 10.6. The third-order valence-corrected chi connectivity index (χ3v) is 4.66. The SMILES string of the molecule is CC(C)CC(NC(=O)C(CC(=O)O)NC(=O)C(Cc1ccccc1)NC(=O)C(C)N)C(=O)O. The Morgan fingerprint density at radius 2 is 1.33 bits per heavy atom. The van der Waals surface area contributed by atoms with E-state index in [0.29, 0.717) is 5.56 Å². The number of nitrogens with two attached hydrogens (primary N) is 1. The van der Waals surface area contributed by atoms with Gasteiger partial charge in [-0.15, -0.1) is 0 Å². The van der Waals surface area contributed by atoms with Crippen LogP contribution in [-0.2, 0) is 30.4 Å². The number of carboxylic acids is 2. The van der Waals surface area contributed by atoms with Crippen molar-refractivity contribution in [1.29, 1.82) is 0 Å². The van der Waals surface area contributed by atoms with Gasteiger partial charge in [0, 0.05) is 6.42 Å². The standard InChI is InChI=1S/C22H32N4O7/c1-12(2)9-17(22(32)33)26-21(31)16(11-18(27)28)25-20(30)15(24-19(29)13(3)23)10-14-7-5-4-6-8-14/h4-8,12-13,15-17H,9-11,23H2,1-3H3,(H,24,29)(H,25,30)(H,26,31)(H,27,28)(H,32,33). The highest BCUT2D eigenvalue weighted by Crippen LogP contribution is 2.08. The van der Waals surface area contributed by atoms with E-state index in [1.54, 1.807) is 44.2 Å². The molecule has 0 aromatic heterocycles. The van der Waals surface area contributed by atoms with Crippen molar-refractivity contribution in [2.24, 2.45) is 11.7 Å². The molecule has 1 aromatic carbocycles. The molecule has 0 fully saturated rings. The number of hydrogen-bond acceptors (Lipinski definition) is 6. The van der Waals surface area contributed by atoms with Crippen molar-refractivity contribution in [1.82, 2.24) is 16.0 Å². The second-order valence-electron chi connectivity index (χ2n) is 8.23. The minimum absolute atomic E-state index is 0.0531. The Morgan fingerprint density at radius 1 is 0.818 bits per heavy atom. The minimum atomic E-state index is -1.55. The maximum Gasteiger partial charge on any atom is 0.326 e. The van der Waals surface area contributed by atoms with Crippen LogP contribution in [0.1, 0.15) is 39.2 Å². The van der Waals surface area contributed by atoms with Gasteiger partial charge in [-0.2, -0.15) is 0 Å². The molecule has 1 rings (SSSR count). The summed E-state index contributed by atoms with van der Waals surface area (Å²) in [4.78, 5) is 60.5. The van der Waals surface area contributed by atoms with E-state index < -0.39 is 60.2 Å². The van der Waals surface area contributed by atoms with E-state index in [9.17, 15) is 34.2 Å². The lowest BCUT2D eigenvalue weighted by Crippen LogP contribution is -2.57. The molecule has 4 unspecified atom stereocenters. The molecular weight excluding hydrogens is 432 g/mol. The number of nitrogens with one attached hydrogen (secondary N) is 3. The fourth-order valence-electron chi connectivity index (χ4n) is 2.98. The molecule has 7 N–H and O–H groups in total. The van der Waals surface area contributed by atoms with E-state index in [0.717, 1.165) is 0 Å². The van der Waals surface area contributed by atoms with Gasteiger partial charge in [-0.25, -0.2) is 4.79 Å². The second kappa shape index (κ2) is 13.2. The summed E-state index contributed by atoms with van der Waals surface area (Å²) in [6.45, 7) is 4.98. The summed E-state index contributed by atoms with van der Waals surface area (Å²) in [5.74, 6) is -5.05. The highest BCUT2D eigenvalue weighted by atomic mass is 16.4. The summed E-state index contributed by atoms with van der Waals surface area (Å²) < 4.78 is 0. The van der Waals surface area contributed by atoms with Gasteiger partial charge in [0.15, 0.2) is 0 Å². The van der Waals surface area contributed by atoms with Crippen molar-refractivity contribution in [3.8, 4) is 0 Å². The lowest BCUT2D eigenvalue weighted by molar-refractivity contribution is -0.144. The van der Waals surface area contributed by atoms with Crippen LogP contribution in [-0.4, -0.2) is 64.0 Å². The largest absolute Gasteiger partial charge is 0.481 e. The van der Waals surface area contributed by atoms with Crippen LogP contribution < -0.4 is 21.7 Å². The Labute approximate surface area is 192 Å². The smallest absolute Gasteiger partial charge is 0.326 e. The van der Waals surface area contributed by atoms with Gasteiger partial charge < -0.3 is 31.9 Å². The van der Waals surface area contributed by atoms with E-state index in [1.807, 2.05) is 0 Å². The Hall–Kier alpha value is -3.47. The fraction of sp³-hybridized carbons (Fsp3) is 0.500. The summed E-state index contributed by atoms with van der Waals surface area (Å²) in [7, 11) is 0. The number of aliphatic carboxylic acids is 2. The number of carbonyl (C=O) groups excluding carboxylic acids is 3. The molecular formula is C22H32N4O7. The molecule has 11 heteroatoms. The monoisotopic (exact) mass is 464 g/mol. The van der Waals surface area contributed by atoms with Gasteiger partial charge in [0.1, 0.15) is 18.1 Å². The number of amides is 3. The first-order chi connectivity index (χ1) is 15.4. The van der Waals surface area contributed by atoms with Crippen LogP contribution in [0.15, 0.2) is 30.3 Å². The topological polar surface area (TPSA) is 188 Å². The zero-order valence-corrected chi connectivity index (χ0v) is 18.9. The normalized spacial score (nSPS) is 14.5. The molecule has 0 saturated carbocycles. The maximum absolute atomic E-state index is 12.9. The highest BCUT2D eigenvalue weighted by molar-refractivity contribution is 5.95. The highest BCUT2D eigenvalue weighted by Gasteiger charge is 2.31. The summed E-state index contributed by atoms with van der Waals surface area (Å²) in [6.07, 6.45) is -0.585. The number of hydrogen-bond donors (Lipinski definition) is 6. The summed E-state index contributed by atoms with van der Waals surface area (Å²) in [5.41, 5.74) is 6.29. The maximum atomic E-state index is 12.9. The third-order valence-electron chi connectivity index (χ3n) is 4.66. The van der Waals surface area contributed by atoms with E-state index in [-0.39, 0.29) is 18.8 Å². The average molecular weight is 465 g/mol. The molecule has 0 saturated heterocycles. The summed E-state index contributed by atoms with van der Waals surface area (Å²) in [5, 5.41) is 25.6. The van der Waals surface area contributed by atoms with Gasteiger partial charge in [0.25, 0.3) is 0 Å². The minimum Gasteiger partial charge on any atom is -0.481 e. The van der Waals surface area contributed by atoms with E-state index in [2.05, 4.69) is 16.0 Å². The van der Waals surface area contributed by atoms with Crippen LogP contribution in [0.25, 0.3) is 0 Å². The Balaban J connectivity index is 3.06. The zero-order chi connectivity index (χ0) is 25.1. The van der Waals surface area contributed by atoms with Crippen LogP contribution in [0.2, 0.25) is 0 Å². The van der Waals surface area contributed by atoms with Gasteiger partial charge in [0.05, 0.1) is 12.5 Å². The molecule has 0 radical (unpaired) electrons. The summed E-state index contributed by atoms with van der Waals surface area (Å²) in [6, 6.07) is 3.92. The average Bonchev–Trinajstić information content (AvgIpc) is 2.72. The number of rotatable bonds is 13. The fourth-order valence-corrected chi connectivity index (χ4v) is 2.98. The van der Waals surface area contributed by atoms with Crippen molar-refractivity contribution in [2.45, 2.75) is 64.2 Å². The molecule has 11 nitrogen and oxygen atoms in total. The number of carboxylic acid groups (broad SMARTS) is 2. The molecule has 1 aromatic rings. The third kappa shape index (κ3) is 10.1. The van der Waals surface area contributed by atoms with Crippen molar-refractivity contribution < 1.29 is 34.2 Å². The molecule has 33 heavy (non-hydrogen) atoms. The number of carbonyl (C=O) groups is 5. The Kier molecular flexibility index (Phi) is 11.0. The van der Waals surface area contributed by atoms with Crippen LogP contribution in [0.4, 0.5) is 0 Å². The van der Waals surface area contributed by atoms with Crippen LogP contribution in [0, 0.1) is 5.92 Å². The molecule has 0 heterocycles. The van der Waals surface area contributed by atoms with Crippen LogP contribution >= 0.6 is 0 Å². The van der Waals surface area contributed by atoms with Gasteiger partial charge in [-0.3, -0.25) is 19.2 Å². The van der Waals surface area contributed by atoms with E-state index in [4.69, 9.17) is 5.73 Å². The first-order valence-corrected chi connectivity index (χ1v) is 10.6. The molecule has 0 aliphatic carbocycles. The van der Waals surface area contributed by atoms with Crippen molar-refractivity contribution in [3.05, 3.63) is 35.9 Å². The molecule has 0 aliphatic rings. The predicted octanol–water partition coefficient (Wildman–Crippen LogP) is -0.364. The van der Waals surface area contributed by atoms with Crippen LogP contribution in [0.5, 0.6) is 0 Å². The van der Waals surface area contributed by atoms with Gasteiger partial charge in [-0.1, -0.05) is 44.2 Å². The van der Waals surface area contributed by atoms with E-state index >= 15 is 0 Å². The molecule has 3 amide bonds. The first kappa shape index (κ1) is 27.6. The second-order valence-corrected chi connectivity index (χ2v) is 8.23. The van der Waals surface area contributed by atoms with Gasteiger partial charge >= 0.3 is 11.9 Å². The van der Waals surface area contributed by atoms with Gasteiger partial charge in [-0.05, 0) is 24.8 Å². The predicted molar refractivity (Wildman–Crippen MR) is 119 cm³/mol. The van der Waals surface area contributed by atoms with Crippen molar-refractivity contribution in [2.75, 3.05) is 0 Å². The Morgan fingerprint density at radius 3 is 1.82 bits per heavy atom. The van der Waals surface area contributed by atoms with Crippen molar-refractivity contribution >= 4 is 29.7 Å². The molecule has 0 aliphatic heterocycles. The lowest BCUT2D eigenvalue weighted by atomic mass is 10.0. The van der Waals surface area contributed by atoms with Crippen molar-refractivity contribution in [3.63, 3.8) is 0 Å². The molecule has 0 spiro atoms. The zero-order valence-electron chi connectivity index (χ0n) is 18.9. The molecule has 182 valence electrons. The number of benzene rings is 1. The van der Waals surface area contributed by atoms with E-state index in [1.165, 1.54) is 6.92 Å². The molecule has 0 bridgehead atoms.